The summed E-state index contributed by atoms with van der Waals surface area (Å²) < 4.78 is 39.3. The summed E-state index contributed by atoms with van der Waals surface area (Å²) in [5.74, 6) is -0.0155. The fraction of sp³-hybridized carbons (Fsp3) is 0.909. The van der Waals surface area contributed by atoms with Gasteiger partial charge in [0.25, 0.3) is 0 Å². The zero-order chi connectivity index (χ0) is 12.4. The van der Waals surface area contributed by atoms with Crippen molar-refractivity contribution in [3.8, 4) is 0 Å². The molecule has 0 amide bonds. The maximum Gasteiger partial charge on any atom is 0.411 e. The first kappa shape index (κ1) is 15.4. The number of ether oxygens (including phenoxy) is 1. The van der Waals surface area contributed by atoms with Gasteiger partial charge in [-0.1, -0.05) is 26.2 Å². The van der Waals surface area contributed by atoms with Gasteiger partial charge in [0.1, 0.15) is 12.4 Å². The van der Waals surface area contributed by atoms with E-state index in [0.717, 1.165) is 25.7 Å². The van der Waals surface area contributed by atoms with Gasteiger partial charge in [-0.15, -0.1) is 0 Å². The van der Waals surface area contributed by atoms with E-state index in [9.17, 15) is 18.0 Å². The van der Waals surface area contributed by atoms with Crippen molar-refractivity contribution in [3.63, 3.8) is 0 Å². The van der Waals surface area contributed by atoms with Crippen LogP contribution in [0.5, 0.6) is 0 Å². The van der Waals surface area contributed by atoms with Gasteiger partial charge >= 0.3 is 6.18 Å². The Hall–Kier alpha value is -0.580. The van der Waals surface area contributed by atoms with Gasteiger partial charge in [-0.3, -0.25) is 4.79 Å². The van der Waals surface area contributed by atoms with Crippen LogP contribution in [-0.2, 0) is 9.53 Å². The van der Waals surface area contributed by atoms with E-state index in [0.29, 0.717) is 6.42 Å². The zero-order valence-corrected chi connectivity index (χ0v) is 9.61. The summed E-state index contributed by atoms with van der Waals surface area (Å²) in [5, 5.41) is 0. The Bertz CT molecular complexity index is 190. The Morgan fingerprint density at radius 2 is 1.81 bits per heavy atom. The third-order valence-electron chi connectivity index (χ3n) is 2.10. The van der Waals surface area contributed by atoms with E-state index < -0.39 is 12.8 Å². The van der Waals surface area contributed by atoms with E-state index in [-0.39, 0.29) is 18.8 Å². The van der Waals surface area contributed by atoms with E-state index in [1.165, 1.54) is 0 Å². The molecule has 16 heavy (non-hydrogen) atoms. The molecule has 0 N–H and O–H groups in total. The molecule has 5 heteroatoms. The van der Waals surface area contributed by atoms with Gasteiger partial charge in [0.15, 0.2) is 0 Å². The molecule has 2 nitrogen and oxygen atoms in total. The average molecular weight is 240 g/mol. The number of hydrogen-bond acceptors (Lipinski definition) is 2. The molecule has 0 rings (SSSR count). The largest absolute Gasteiger partial charge is 0.411 e. The second kappa shape index (κ2) is 8.56. The summed E-state index contributed by atoms with van der Waals surface area (Å²) in [6.45, 7) is 0.676. The highest BCUT2D eigenvalue weighted by atomic mass is 19.4. The fourth-order valence-electron chi connectivity index (χ4n) is 1.25. The number of halogens is 3. The number of hydrogen-bond donors (Lipinski definition) is 0. The molecule has 0 atom stereocenters. The van der Waals surface area contributed by atoms with Gasteiger partial charge in [-0.05, 0) is 6.42 Å². The molecule has 0 aromatic carbocycles. The summed E-state index contributed by atoms with van der Waals surface area (Å²) >= 11 is 0. The Labute approximate surface area is 94.2 Å². The van der Waals surface area contributed by atoms with Crippen molar-refractivity contribution in [1.82, 2.24) is 0 Å². The number of rotatable bonds is 9. The van der Waals surface area contributed by atoms with Crippen molar-refractivity contribution >= 4 is 5.78 Å². The Morgan fingerprint density at radius 1 is 1.12 bits per heavy atom. The third-order valence-corrected chi connectivity index (χ3v) is 2.10. The topological polar surface area (TPSA) is 26.3 Å². The minimum atomic E-state index is -4.30. The van der Waals surface area contributed by atoms with Gasteiger partial charge in [0, 0.05) is 12.8 Å². The smallest absolute Gasteiger partial charge is 0.372 e. The minimum Gasteiger partial charge on any atom is -0.372 e. The van der Waals surface area contributed by atoms with E-state index in [2.05, 4.69) is 11.7 Å². The first-order valence-corrected chi connectivity index (χ1v) is 5.62. The summed E-state index contributed by atoms with van der Waals surface area (Å²) in [7, 11) is 0. The normalized spacial score (nSPS) is 11.8. The maximum absolute atomic E-state index is 11.7. The first-order valence-electron chi connectivity index (χ1n) is 5.62. The predicted molar refractivity (Wildman–Crippen MR) is 55.3 cm³/mol. The molecule has 0 spiro atoms. The molecule has 0 radical (unpaired) electrons. The second-order valence-electron chi connectivity index (χ2n) is 3.77. The van der Waals surface area contributed by atoms with Crippen LogP contribution in [0.25, 0.3) is 0 Å². The third kappa shape index (κ3) is 11.5. The highest BCUT2D eigenvalue weighted by molar-refractivity contribution is 5.78. The second-order valence-corrected chi connectivity index (χ2v) is 3.77. The van der Waals surface area contributed by atoms with Gasteiger partial charge in [0.2, 0.25) is 0 Å². The Balaban J connectivity index is 3.31. The molecule has 0 aromatic rings. The lowest BCUT2D eigenvalue weighted by Gasteiger charge is -2.06. The van der Waals surface area contributed by atoms with E-state index in [1.54, 1.807) is 0 Å². The van der Waals surface area contributed by atoms with Crippen LogP contribution >= 0.6 is 0 Å². The van der Waals surface area contributed by atoms with Crippen LogP contribution in [-0.4, -0.2) is 25.2 Å². The SMILES string of the molecule is CCCCCCC(=O)CCOCC(F)(F)F. The number of carbonyl (C=O) groups excluding carboxylic acids is 1. The lowest BCUT2D eigenvalue weighted by Crippen LogP contribution is -2.18. The van der Waals surface area contributed by atoms with E-state index >= 15 is 0 Å². The molecule has 0 aliphatic carbocycles. The highest BCUT2D eigenvalue weighted by Gasteiger charge is 2.27. The van der Waals surface area contributed by atoms with Crippen LogP contribution in [0.1, 0.15) is 45.4 Å². The van der Waals surface area contributed by atoms with Crippen LogP contribution < -0.4 is 0 Å². The Kier molecular flexibility index (Phi) is 8.25. The summed E-state index contributed by atoms with van der Waals surface area (Å²) in [6, 6.07) is 0. The van der Waals surface area contributed by atoms with Crippen molar-refractivity contribution in [1.29, 1.82) is 0 Å². The van der Waals surface area contributed by atoms with Crippen molar-refractivity contribution in [2.45, 2.75) is 51.6 Å². The maximum atomic E-state index is 11.7. The standard InChI is InChI=1S/C11H19F3O2/c1-2-3-4-5-6-10(15)7-8-16-9-11(12,13)14/h2-9H2,1H3. The molecule has 0 unspecified atom stereocenters. The molecule has 0 aliphatic heterocycles. The molecule has 96 valence electrons. The number of Topliss-reactive ketones (excluding diaryl/α,β-unsaturated/α-hetero) is 1. The number of unbranched alkanes of at least 4 members (excludes halogenated alkanes) is 3. The van der Waals surface area contributed by atoms with Crippen molar-refractivity contribution < 1.29 is 22.7 Å². The van der Waals surface area contributed by atoms with Crippen molar-refractivity contribution in [3.05, 3.63) is 0 Å². The summed E-state index contributed by atoms with van der Waals surface area (Å²) in [4.78, 5) is 11.2. The Morgan fingerprint density at radius 3 is 2.38 bits per heavy atom. The zero-order valence-electron chi connectivity index (χ0n) is 9.61. The van der Waals surface area contributed by atoms with Crippen molar-refractivity contribution in [2.24, 2.45) is 0 Å². The van der Waals surface area contributed by atoms with Crippen LogP contribution in [0.15, 0.2) is 0 Å². The molecule has 0 aromatic heterocycles. The summed E-state index contributed by atoms with van der Waals surface area (Å²) in [5.41, 5.74) is 0. The van der Waals surface area contributed by atoms with E-state index in [1.807, 2.05) is 0 Å². The highest BCUT2D eigenvalue weighted by Crippen LogP contribution is 2.14. The van der Waals surface area contributed by atoms with Gasteiger partial charge in [0.05, 0.1) is 6.61 Å². The van der Waals surface area contributed by atoms with Gasteiger partial charge in [-0.25, -0.2) is 0 Å². The quantitative estimate of drug-likeness (QED) is 0.576. The van der Waals surface area contributed by atoms with E-state index in [4.69, 9.17) is 0 Å². The number of carbonyl (C=O) groups is 1. The molecule has 0 bridgehead atoms. The van der Waals surface area contributed by atoms with Crippen LogP contribution in [0, 0.1) is 0 Å². The molecule has 0 saturated heterocycles. The lowest BCUT2D eigenvalue weighted by atomic mass is 10.1. The first-order chi connectivity index (χ1) is 7.45. The van der Waals surface area contributed by atoms with Crippen molar-refractivity contribution in [2.75, 3.05) is 13.2 Å². The average Bonchev–Trinajstić information content (AvgIpc) is 2.18. The van der Waals surface area contributed by atoms with Gasteiger partial charge < -0.3 is 4.74 Å². The molecular formula is C11H19F3O2. The fourth-order valence-corrected chi connectivity index (χ4v) is 1.25. The van der Waals surface area contributed by atoms with Crippen LogP contribution in [0.2, 0.25) is 0 Å². The summed E-state index contributed by atoms with van der Waals surface area (Å²) in [6.07, 6.45) is 0.264. The molecule has 0 heterocycles. The molecule has 0 saturated carbocycles. The minimum absolute atomic E-state index is 0.0155. The van der Waals surface area contributed by atoms with Gasteiger partial charge in [-0.2, -0.15) is 13.2 Å². The monoisotopic (exact) mass is 240 g/mol. The predicted octanol–water partition coefficient (Wildman–Crippen LogP) is 3.49. The van der Waals surface area contributed by atoms with Crippen LogP contribution in [0.3, 0.4) is 0 Å². The molecule has 0 aliphatic rings. The number of ketones is 1. The lowest BCUT2D eigenvalue weighted by molar-refractivity contribution is -0.174. The number of alkyl halides is 3. The molecular weight excluding hydrogens is 221 g/mol. The van der Waals surface area contributed by atoms with Crippen LogP contribution in [0.4, 0.5) is 13.2 Å². The molecule has 0 fully saturated rings.